The third-order valence-electron chi connectivity index (χ3n) is 3.94. The Kier molecular flexibility index (Phi) is 1.96. The molecule has 16 heavy (non-hydrogen) atoms. The van der Waals surface area contributed by atoms with Crippen molar-refractivity contribution in [3.8, 4) is 0 Å². The van der Waals surface area contributed by atoms with Gasteiger partial charge in [0.2, 0.25) is 0 Å². The number of benzene rings is 1. The summed E-state index contributed by atoms with van der Waals surface area (Å²) in [5.74, 6) is -0.829. The molecular weight excluding hydrogens is 202 g/mol. The zero-order chi connectivity index (χ0) is 11.2. The number of carbonyl (C=O) groups is 1. The van der Waals surface area contributed by atoms with Gasteiger partial charge in [-0.15, -0.1) is 0 Å². The van der Waals surface area contributed by atoms with E-state index in [1.54, 1.807) is 12.1 Å². The second kappa shape index (κ2) is 3.24. The van der Waals surface area contributed by atoms with Gasteiger partial charge in [-0.3, -0.25) is 0 Å². The molecule has 2 aliphatic rings. The largest absolute Gasteiger partial charge is 0.478 e. The molecule has 0 amide bonds. The standard InChI is InChI=1S/C13H15NO2/c15-12(16)10-4-1-2-5-11(10)14-8-13(9-14)6-3-7-13/h1-2,4-5H,3,6-9H2,(H,15,16). The van der Waals surface area contributed by atoms with Crippen LogP contribution in [0.5, 0.6) is 0 Å². The van der Waals surface area contributed by atoms with Crippen LogP contribution in [-0.2, 0) is 0 Å². The van der Waals surface area contributed by atoms with Gasteiger partial charge in [0.15, 0.2) is 0 Å². The highest BCUT2D eigenvalue weighted by atomic mass is 16.4. The van der Waals surface area contributed by atoms with Gasteiger partial charge in [-0.2, -0.15) is 0 Å². The molecule has 3 nitrogen and oxygen atoms in total. The summed E-state index contributed by atoms with van der Waals surface area (Å²) in [4.78, 5) is 13.3. The zero-order valence-electron chi connectivity index (χ0n) is 9.15. The van der Waals surface area contributed by atoms with Crippen molar-refractivity contribution >= 4 is 11.7 Å². The van der Waals surface area contributed by atoms with Gasteiger partial charge in [-0.05, 0) is 25.0 Å². The van der Waals surface area contributed by atoms with Crippen molar-refractivity contribution in [2.24, 2.45) is 5.41 Å². The van der Waals surface area contributed by atoms with E-state index in [0.29, 0.717) is 11.0 Å². The van der Waals surface area contributed by atoms with Crippen molar-refractivity contribution in [1.82, 2.24) is 0 Å². The van der Waals surface area contributed by atoms with Crippen LogP contribution in [0, 0.1) is 5.41 Å². The molecule has 0 unspecified atom stereocenters. The predicted octanol–water partition coefficient (Wildman–Crippen LogP) is 2.38. The molecule has 2 fully saturated rings. The molecule has 1 aromatic carbocycles. The molecule has 3 heteroatoms. The van der Waals surface area contributed by atoms with E-state index in [1.165, 1.54) is 19.3 Å². The SMILES string of the molecule is O=C(O)c1ccccc1N1CC2(CCC2)C1. The first-order valence-corrected chi connectivity index (χ1v) is 5.78. The summed E-state index contributed by atoms with van der Waals surface area (Å²) in [6.07, 6.45) is 3.98. The third-order valence-corrected chi connectivity index (χ3v) is 3.94. The van der Waals surface area contributed by atoms with Crippen molar-refractivity contribution in [2.45, 2.75) is 19.3 Å². The molecule has 1 aliphatic heterocycles. The highest BCUT2D eigenvalue weighted by molar-refractivity contribution is 5.94. The van der Waals surface area contributed by atoms with E-state index in [1.807, 2.05) is 12.1 Å². The number of rotatable bonds is 2. The number of carboxylic acids is 1. The van der Waals surface area contributed by atoms with E-state index in [9.17, 15) is 4.79 Å². The van der Waals surface area contributed by atoms with Crippen LogP contribution in [0.2, 0.25) is 0 Å². The number of anilines is 1. The quantitative estimate of drug-likeness (QED) is 0.826. The fraction of sp³-hybridized carbons (Fsp3) is 0.462. The Morgan fingerprint density at radius 2 is 1.94 bits per heavy atom. The van der Waals surface area contributed by atoms with Crippen LogP contribution in [0.1, 0.15) is 29.6 Å². The monoisotopic (exact) mass is 217 g/mol. The van der Waals surface area contributed by atoms with Gasteiger partial charge in [0.05, 0.1) is 11.3 Å². The fourth-order valence-corrected chi connectivity index (χ4v) is 2.86. The average molecular weight is 217 g/mol. The van der Waals surface area contributed by atoms with Gasteiger partial charge in [0.25, 0.3) is 0 Å². The lowest BCUT2D eigenvalue weighted by atomic mass is 9.63. The van der Waals surface area contributed by atoms with Crippen molar-refractivity contribution in [1.29, 1.82) is 0 Å². The van der Waals surface area contributed by atoms with E-state index in [2.05, 4.69) is 4.90 Å². The molecule has 1 saturated carbocycles. The molecule has 1 aliphatic carbocycles. The summed E-state index contributed by atoms with van der Waals surface area (Å²) >= 11 is 0. The maximum atomic E-state index is 11.1. The second-order valence-corrected chi connectivity index (χ2v) is 5.03. The van der Waals surface area contributed by atoms with Crippen LogP contribution in [0.4, 0.5) is 5.69 Å². The summed E-state index contributed by atoms with van der Waals surface area (Å²) in [6, 6.07) is 7.29. The Labute approximate surface area is 94.7 Å². The summed E-state index contributed by atoms with van der Waals surface area (Å²) in [5, 5.41) is 9.11. The first kappa shape index (κ1) is 9.70. The maximum Gasteiger partial charge on any atom is 0.337 e. The van der Waals surface area contributed by atoms with E-state index < -0.39 is 5.97 Å². The molecule has 1 aromatic rings. The van der Waals surface area contributed by atoms with Crippen LogP contribution in [0.15, 0.2) is 24.3 Å². The molecule has 1 heterocycles. The minimum Gasteiger partial charge on any atom is -0.478 e. The highest BCUT2D eigenvalue weighted by Gasteiger charge is 2.47. The summed E-state index contributed by atoms with van der Waals surface area (Å²) in [5.41, 5.74) is 1.84. The molecule has 0 radical (unpaired) electrons. The lowest BCUT2D eigenvalue weighted by molar-refractivity contribution is 0.0690. The number of hydrogen-bond donors (Lipinski definition) is 1. The van der Waals surface area contributed by atoms with Crippen molar-refractivity contribution in [3.05, 3.63) is 29.8 Å². The molecule has 84 valence electrons. The molecule has 0 aromatic heterocycles. The minimum atomic E-state index is -0.829. The number of aromatic carboxylic acids is 1. The summed E-state index contributed by atoms with van der Waals surface area (Å²) < 4.78 is 0. The number of nitrogens with zero attached hydrogens (tertiary/aromatic N) is 1. The molecule has 1 saturated heterocycles. The van der Waals surface area contributed by atoms with Crippen LogP contribution >= 0.6 is 0 Å². The Bertz CT molecular complexity index is 429. The molecule has 3 rings (SSSR count). The first-order valence-electron chi connectivity index (χ1n) is 5.78. The number of carboxylic acid groups (broad SMARTS) is 1. The highest BCUT2D eigenvalue weighted by Crippen LogP contribution is 2.49. The average Bonchev–Trinajstić information content (AvgIpc) is 2.14. The minimum absolute atomic E-state index is 0.427. The first-order chi connectivity index (χ1) is 7.70. The van der Waals surface area contributed by atoms with Gasteiger partial charge in [-0.25, -0.2) is 4.79 Å². The Morgan fingerprint density at radius 3 is 2.50 bits per heavy atom. The molecular formula is C13H15NO2. The van der Waals surface area contributed by atoms with E-state index in [-0.39, 0.29) is 0 Å². The Balaban J connectivity index is 1.82. The van der Waals surface area contributed by atoms with Crippen molar-refractivity contribution < 1.29 is 9.90 Å². The topological polar surface area (TPSA) is 40.5 Å². The van der Waals surface area contributed by atoms with Gasteiger partial charge >= 0.3 is 5.97 Å². The summed E-state index contributed by atoms with van der Waals surface area (Å²) in [7, 11) is 0. The van der Waals surface area contributed by atoms with Crippen molar-refractivity contribution in [3.63, 3.8) is 0 Å². The van der Waals surface area contributed by atoms with Gasteiger partial charge < -0.3 is 10.0 Å². The lowest BCUT2D eigenvalue weighted by Gasteiger charge is -2.57. The van der Waals surface area contributed by atoms with E-state index in [0.717, 1.165) is 18.8 Å². The van der Waals surface area contributed by atoms with Crippen LogP contribution < -0.4 is 4.90 Å². The van der Waals surface area contributed by atoms with Crippen LogP contribution in [-0.4, -0.2) is 24.2 Å². The Hall–Kier alpha value is -1.51. The van der Waals surface area contributed by atoms with Gasteiger partial charge in [-0.1, -0.05) is 18.6 Å². The van der Waals surface area contributed by atoms with Crippen LogP contribution in [0.3, 0.4) is 0 Å². The second-order valence-electron chi connectivity index (χ2n) is 5.03. The summed E-state index contributed by atoms with van der Waals surface area (Å²) in [6.45, 7) is 2.08. The van der Waals surface area contributed by atoms with Crippen molar-refractivity contribution in [2.75, 3.05) is 18.0 Å². The molecule has 1 spiro atoms. The molecule has 0 bridgehead atoms. The zero-order valence-corrected chi connectivity index (χ0v) is 9.15. The molecule has 0 atom stereocenters. The lowest BCUT2D eigenvalue weighted by Crippen LogP contribution is -2.60. The third kappa shape index (κ3) is 1.31. The molecule has 1 N–H and O–H groups in total. The van der Waals surface area contributed by atoms with E-state index in [4.69, 9.17) is 5.11 Å². The number of para-hydroxylation sites is 1. The smallest absolute Gasteiger partial charge is 0.337 e. The Morgan fingerprint density at radius 1 is 1.25 bits per heavy atom. The number of hydrogen-bond acceptors (Lipinski definition) is 2. The fourth-order valence-electron chi connectivity index (χ4n) is 2.86. The normalized spacial score (nSPS) is 21.4. The maximum absolute atomic E-state index is 11.1. The van der Waals surface area contributed by atoms with Gasteiger partial charge in [0.1, 0.15) is 0 Å². The van der Waals surface area contributed by atoms with Gasteiger partial charge in [0, 0.05) is 18.5 Å². The van der Waals surface area contributed by atoms with E-state index >= 15 is 0 Å². The predicted molar refractivity (Wildman–Crippen MR) is 61.9 cm³/mol. The van der Waals surface area contributed by atoms with Crippen LogP contribution in [0.25, 0.3) is 0 Å².